The molecular weight excluding hydrogens is 300 g/mol. The predicted octanol–water partition coefficient (Wildman–Crippen LogP) is 5.05. The van der Waals surface area contributed by atoms with Gasteiger partial charge in [0.25, 0.3) is 0 Å². The average Bonchev–Trinajstić information content (AvgIpc) is 2.36. The molecule has 0 unspecified atom stereocenters. The number of methoxy groups -OCH3 is 1. The monoisotopic (exact) mass is 318 g/mol. The molecule has 0 spiro atoms. The number of rotatable bonds is 6. The summed E-state index contributed by atoms with van der Waals surface area (Å²) in [6, 6.07) is 6.14. The van der Waals surface area contributed by atoms with E-state index in [4.69, 9.17) is 16.3 Å². The Morgan fingerprint density at radius 1 is 1.29 bits per heavy atom. The Hall–Kier alpha value is -0.210. The van der Waals surface area contributed by atoms with Crippen molar-refractivity contribution in [1.29, 1.82) is 0 Å². The highest BCUT2D eigenvalue weighted by molar-refractivity contribution is 9.10. The predicted molar refractivity (Wildman–Crippen MR) is 78.1 cm³/mol. The summed E-state index contributed by atoms with van der Waals surface area (Å²) in [6.07, 6.45) is 3.14. The first-order valence-corrected chi connectivity index (χ1v) is 7.32. The Balaban J connectivity index is 3.03. The maximum Gasteiger partial charge on any atom is 0.122 e. The third-order valence-corrected chi connectivity index (χ3v) is 4.65. The Bertz CT molecular complexity index is 353. The maximum atomic E-state index is 6.16. The number of hydrogen-bond donors (Lipinski definition) is 0. The zero-order valence-electron chi connectivity index (χ0n) is 10.7. The van der Waals surface area contributed by atoms with Crippen molar-refractivity contribution in [2.45, 2.75) is 33.1 Å². The number of alkyl halides is 1. The molecule has 0 aromatic heterocycles. The maximum absolute atomic E-state index is 6.16. The molecule has 96 valence electrons. The van der Waals surface area contributed by atoms with Gasteiger partial charge in [-0.05, 0) is 48.4 Å². The van der Waals surface area contributed by atoms with E-state index >= 15 is 0 Å². The van der Waals surface area contributed by atoms with Crippen LogP contribution in [0.1, 0.15) is 32.3 Å². The normalized spacial score (nSPS) is 11.6. The van der Waals surface area contributed by atoms with E-state index in [9.17, 15) is 0 Å². The average molecular weight is 320 g/mol. The van der Waals surface area contributed by atoms with Crippen molar-refractivity contribution >= 4 is 27.5 Å². The van der Waals surface area contributed by atoms with Crippen molar-refractivity contribution in [3.63, 3.8) is 0 Å². The van der Waals surface area contributed by atoms with Crippen molar-refractivity contribution in [3.05, 3.63) is 28.2 Å². The van der Waals surface area contributed by atoms with Gasteiger partial charge in [0.1, 0.15) is 5.75 Å². The molecule has 1 rings (SSSR count). The highest BCUT2D eigenvalue weighted by atomic mass is 79.9. The van der Waals surface area contributed by atoms with Gasteiger partial charge in [0.05, 0.1) is 7.11 Å². The zero-order valence-corrected chi connectivity index (χ0v) is 13.1. The molecule has 0 aliphatic carbocycles. The number of halogens is 2. The SMILES string of the molecule is CCC(CC)(CCl)Cc1cc(Br)ccc1OC. The molecule has 0 saturated heterocycles. The smallest absolute Gasteiger partial charge is 0.122 e. The summed E-state index contributed by atoms with van der Waals surface area (Å²) in [5, 5.41) is 0. The van der Waals surface area contributed by atoms with Crippen molar-refractivity contribution in [1.82, 2.24) is 0 Å². The van der Waals surface area contributed by atoms with Gasteiger partial charge in [-0.3, -0.25) is 0 Å². The Kier molecular flexibility index (Phi) is 5.81. The lowest BCUT2D eigenvalue weighted by atomic mass is 9.78. The van der Waals surface area contributed by atoms with E-state index in [0.717, 1.165) is 29.5 Å². The first-order chi connectivity index (χ1) is 8.10. The van der Waals surface area contributed by atoms with Gasteiger partial charge in [-0.15, -0.1) is 11.6 Å². The molecule has 17 heavy (non-hydrogen) atoms. The van der Waals surface area contributed by atoms with Crippen molar-refractivity contribution in [3.8, 4) is 5.75 Å². The lowest BCUT2D eigenvalue weighted by Crippen LogP contribution is -2.24. The second-order valence-electron chi connectivity index (χ2n) is 4.47. The summed E-state index contributed by atoms with van der Waals surface area (Å²) < 4.78 is 6.50. The van der Waals surface area contributed by atoms with E-state index in [1.807, 2.05) is 12.1 Å². The summed E-state index contributed by atoms with van der Waals surface area (Å²) in [5.41, 5.74) is 1.40. The molecule has 0 saturated carbocycles. The molecule has 1 aromatic carbocycles. The topological polar surface area (TPSA) is 9.23 Å². The molecule has 0 amide bonds. The van der Waals surface area contributed by atoms with Crippen molar-refractivity contribution in [2.75, 3.05) is 13.0 Å². The van der Waals surface area contributed by atoms with E-state index in [1.165, 1.54) is 5.56 Å². The lowest BCUT2D eigenvalue weighted by molar-refractivity contribution is 0.295. The second-order valence-corrected chi connectivity index (χ2v) is 5.66. The molecule has 0 N–H and O–H groups in total. The van der Waals surface area contributed by atoms with Gasteiger partial charge in [-0.2, -0.15) is 0 Å². The fourth-order valence-corrected chi connectivity index (χ4v) is 2.91. The summed E-state index contributed by atoms with van der Waals surface area (Å²) >= 11 is 9.67. The quantitative estimate of drug-likeness (QED) is 0.667. The molecule has 1 nitrogen and oxygen atoms in total. The van der Waals surface area contributed by atoms with Crippen LogP contribution in [0.3, 0.4) is 0 Å². The fourth-order valence-electron chi connectivity index (χ4n) is 2.03. The van der Waals surface area contributed by atoms with Crippen LogP contribution in [-0.4, -0.2) is 13.0 Å². The van der Waals surface area contributed by atoms with Crippen LogP contribution in [0.15, 0.2) is 22.7 Å². The molecule has 0 atom stereocenters. The van der Waals surface area contributed by atoms with E-state index in [-0.39, 0.29) is 5.41 Å². The third-order valence-electron chi connectivity index (χ3n) is 3.59. The number of benzene rings is 1. The molecule has 0 bridgehead atoms. The Labute approximate surface area is 118 Å². The van der Waals surface area contributed by atoms with E-state index in [2.05, 4.69) is 35.8 Å². The van der Waals surface area contributed by atoms with Crippen LogP contribution in [0.5, 0.6) is 5.75 Å². The Morgan fingerprint density at radius 2 is 1.94 bits per heavy atom. The van der Waals surface area contributed by atoms with Gasteiger partial charge in [0.15, 0.2) is 0 Å². The fraction of sp³-hybridized carbons (Fsp3) is 0.571. The van der Waals surface area contributed by atoms with E-state index in [1.54, 1.807) is 7.11 Å². The lowest BCUT2D eigenvalue weighted by Gasteiger charge is -2.30. The van der Waals surface area contributed by atoms with Gasteiger partial charge >= 0.3 is 0 Å². The van der Waals surface area contributed by atoms with E-state index in [0.29, 0.717) is 5.88 Å². The van der Waals surface area contributed by atoms with Gasteiger partial charge in [0.2, 0.25) is 0 Å². The minimum absolute atomic E-state index is 0.176. The third kappa shape index (κ3) is 3.62. The van der Waals surface area contributed by atoms with Crippen LogP contribution < -0.4 is 4.74 Å². The van der Waals surface area contributed by atoms with Gasteiger partial charge < -0.3 is 4.74 Å². The first-order valence-electron chi connectivity index (χ1n) is 5.99. The molecule has 0 aliphatic heterocycles. The largest absolute Gasteiger partial charge is 0.496 e. The summed E-state index contributed by atoms with van der Waals surface area (Å²) in [6.45, 7) is 4.41. The number of hydrogen-bond acceptors (Lipinski definition) is 1. The molecule has 0 radical (unpaired) electrons. The van der Waals surface area contributed by atoms with Crippen LogP contribution in [0.2, 0.25) is 0 Å². The minimum Gasteiger partial charge on any atom is -0.496 e. The molecule has 0 fully saturated rings. The van der Waals surface area contributed by atoms with Crippen LogP contribution in [0.25, 0.3) is 0 Å². The molecule has 3 heteroatoms. The highest BCUT2D eigenvalue weighted by Gasteiger charge is 2.26. The minimum atomic E-state index is 0.176. The van der Waals surface area contributed by atoms with Crippen LogP contribution in [0, 0.1) is 5.41 Å². The summed E-state index contributed by atoms with van der Waals surface area (Å²) in [7, 11) is 1.72. The van der Waals surface area contributed by atoms with Crippen LogP contribution in [0.4, 0.5) is 0 Å². The zero-order chi connectivity index (χ0) is 12.9. The van der Waals surface area contributed by atoms with Gasteiger partial charge in [-0.1, -0.05) is 29.8 Å². The highest BCUT2D eigenvalue weighted by Crippen LogP contribution is 2.36. The molecular formula is C14H20BrClO. The molecule has 0 heterocycles. The number of ether oxygens (including phenoxy) is 1. The van der Waals surface area contributed by atoms with Gasteiger partial charge in [-0.25, -0.2) is 0 Å². The van der Waals surface area contributed by atoms with E-state index < -0.39 is 0 Å². The molecule has 0 aliphatic rings. The summed E-state index contributed by atoms with van der Waals surface area (Å²) in [4.78, 5) is 0. The van der Waals surface area contributed by atoms with Gasteiger partial charge in [0, 0.05) is 10.4 Å². The standard InChI is InChI=1S/C14H20BrClO/c1-4-14(5-2,10-16)9-11-8-12(15)6-7-13(11)17-3/h6-8H,4-5,9-10H2,1-3H3. The second kappa shape index (κ2) is 6.65. The Morgan fingerprint density at radius 3 is 2.41 bits per heavy atom. The first kappa shape index (κ1) is 14.8. The van der Waals surface area contributed by atoms with Crippen molar-refractivity contribution in [2.24, 2.45) is 5.41 Å². The van der Waals surface area contributed by atoms with Crippen LogP contribution in [-0.2, 0) is 6.42 Å². The van der Waals surface area contributed by atoms with Crippen molar-refractivity contribution < 1.29 is 4.74 Å². The summed E-state index contributed by atoms with van der Waals surface area (Å²) in [5.74, 6) is 1.64. The molecule has 1 aromatic rings. The van der Waals surface area contributed by atoms with Crippen LogP contribution >= 0.6 is 27.5 Å².